The van der Waals surface area contributed by atoms with E-state index in [-0.39, 0.29) is 5.25 Å². The molecule has 1 saturated heterocycles. The molecule has 1 unspecified atom stereocenters. The highest BCUT2D eigenvalue weighted by Crippen LogP contribution is 2.31. The van der Waals surface area contributed by atoms with Gasteiger partial charge in [-0.15, -0.1) is 0 Å². The molecule has 0 bridgehead atoms. The van der Waals surface area contributed by atoms with Crippen molar-refractivity contribution >= 4 is 9.84 Å². The molecule has 21 heavy (non-hydrogen) atoms. The second kappa shape index (κ2) is 7.13. The molecule has 1 aliphatic heterocycles. The predicted molar refractivity (Wildman–Crippen MR) is 82.7 cm³/mol. The summed E-state index contributed by atoms with van der Waals surface area (Å²) in [4.78, 5) is 0. The monoisotopic (exact) mass is 313 g/mol. The molecular weight excluding hydrogens is 290 g/mol. The SMILES string of the molecule is CCOc1cccc(CNCC2CCCS2(=O)=O)c1OC. The first-order valence-corrected chi connectivity index (χ1v) is 9.01. The molecule has 1 heterocycles. The first-order chi connectivity index (χ1) is 10.1. The minimum absolute atomic E-state index is 0.251. The Morgan fingerprint density at radius 2 is 2.19 bits per heavy atom. The molecule has 118 valence electrons. The molecule has 1 fully saturated rings. The van der Waals surface area contributed by atoms with Gasteiger partial charge in [-0.3, -0.25) is 0 Å². The van der Waals surface area contributed by atoms with Crippen molar-refractivity contribution in [1.29, 1.82) is 0 Å². The number of hydrogen-bond donors (Lipinski definition) is 1. The van der Waals surface area contributed by atoms with Crippen molar-refractivity contribution in [3.05, 3.63) is 23.8 Å². The lowest BCUT2D eigenvalue weighted by atomic mass is 10.1. The maximum atomic E-state index is 11.8. The Balaban J connectivity index is 1.98. The Morgan fingerprint density at radius 3 is 2.81 bits per heavy atom. The predicted octanol–water partition coefficient (Wildman–Crippen LogP) is 1.76. The van der Waals surface area contributed by atoms with Gasteiger partial charge in [0, 0.05) is 18.7 Å². The molecule has 2 rings (SSSR count). The van der Waals surface area contributed by atoms with Gasteiger partial charge in [-0.25, -0.2) is 8.42 Å². The zero-order chi connectivity index (χ0) is 15.3. The minimum atomic E-state index is -2.89. The summed E-state index contributed by atoms with van der Waals surface area (Å²) in [7, 11) is -1.28. The van der Waals surface area contributed by atoms with Gasteiger partial charge in [0.15, 0.2) is 21.3 Å². The van der Waals surface area contributed by atoms with Gasteiger partial charge in [0.05, 0.1) is 24.7 Å². The maximum absolute atomic E-state index is 11.8. The third-order valence-corrected chi connectivity index (χ3v) is 5.99. The van der Waals surface area contributed by atoms with E-state index >= 15 is 0 Å². The fourth-order valence-corrected chi connectivity index (χ4v) is 4.46. The molecule has 0 radical (unpaired) electrons. The van der Waals surface area contributed by atoms with Crippen LogP contribution in [0.4, 0.5) is 0 Å². The van der Waals surface area contributed by atoms with Crippen molar-refractivity contribution in [1.82, 2.24) is 5.32 Å². The van der Waals surface area contributed by atoms with Crippen LogP contribution in [0.2, 0.25) is 0 Å². The van der Waals surface area contributed by atoms with E-state index in [0.717, 1.165) is 18.4 Å². The highest BCUT2D eigenvalue weighted by molar-refractivity contribution is 7.92. The fraction of sp³-hybridized carbons (Fsp3) is 0.600. The highest BCUT2D eigenvalue weighted by atomic mass is 32.2. The van der Waals surface area contributed by atoms with Crippen molar-refractivity contribution < 1.29 is 17.9 Å². The zero-order valence-corrected chi connectivity index (χ0v) is 13.4. The molecule has 1 N–H and O–H groups in total. The molecule has 1 aliphatic rings. The number of para-hydroxylation sites is 1. The minimum Gasteiger partial charge on any atom is -0.493 e. The van der Waals surface area contributed by atoms with Crippen LogP contribution in [0, 0.1) is 0 Å². The lowest BCUT2D eigenvalue weighted by molar-refractivity contribution is 0.308. The van der Waals surface area contributed by atoms with E-state index in [0.29, 0.717) is 36.9 Å². The Labute approximate surface area is 126 Å². The maximum Gasteiger partial charge on any atom is 0.165 e. The summed E-state index contributed by atoms with van der Waals surface area (Å²) >= 11 is 0. The lowest BCUT2D eigenvalue weighted by Crippen LogP contribution is -2.30. The van der Waals surface area contributed by atoms with Crippen LogP contribution in [0.25, 0.3) is 0 Å². The van der Waals surface area contributed by atoms with Crippen molar-refractivity contribution in [2.75, 3.05) is 26.0 Å². The van der Waals surface area contributed by atoms with E-state index in [4.69, 9.17) is 9.47 Å². The van der Waals surface area contributed by atoms with Crippen molar-refractivity contribution in [3.63, 3.8) is 0 Å². The summed E-state index contributed by atoms with van der Waals surface area (Å²) in [6.45, 7) is 3.56. The number of ether oxygens (including phenoxy) is 2. The summed E-state index contributed by atoms with van der Waals surface area (Å²) in [5.74, 6) is 1.75. The van der Waals surface area contributed by atoms with Crippen molar-refractivity contribution in [3.8, 4) is 11.5 Å². The lowest BCUT2D eigenvalue weighted by Gasteiger charge is -2.15. The van der Waals surface area contributed by atoms with Gasteiger partial charge in [-0.1, -0.05) is 12.1 Å². The number of benzene rings is 1. The molecule has 1 aromatic rings. The number of rotatable bonds is 7. The third kappa shape index (κ3) is 3.89. The van der Waals surface area contributed by atoms with Gasteiger partial charge in [-0.05, 0) is 25.8 Å². The van der Waals surface area contributed by atoms with Gasteiger partial charge in [0.2, 0.25) is 0 Å². The Morgan fingerprint density at radius 1 is 1.38 bits per heavy atom. The first kappa shape index (κ1) is 16.1. The summed E-state index contributed by atoms with van der Waals surface area (Å²) in [6, 6.07) is 5.74. The average molecular weight is 313 g/mol. The topological polar surface area (TPSA) is 64.6 Å². The van der Waals surface area contributed by atoms with Gasteiger partial charge >= 0.3 is 0 Å². The van der Waals surface area contributed by atoms with Crippen LogP contribution in [-0.4, -0.2) is 39.7 Å². The molecule has 0 amide bonds. The zero-order valence-electron chi connectivity index (χ0n) is 12.6. The smallest absolute Gasteiger partial charge is 0.165 e. The fourth-order valence-electron chi connectivity index (χ4n) is 2.66. The van der Waals surface area contributed by atoms with Gasteiger partial charge in [0.1, 0.15) is 0 Å². The summed E-state index contributed by atoms with van der Waals surface area (Å²) in [6.07, 6.45) is 1.53. The molecule has 5 nitrogen and oxygen atoms in total. The van der Waals surface area contributed by atoms with Gasteiger partial charge < -0.3 is 14.8 Å². The quantitative estimate of drug-likeness (QED) is 0.831. The van der Waals surface area contributed by atoms with Crippen LogP contribution in [-0.2, 0) is 16.4 Å². The van der Waals surface area contributed by atoms with E-state index in [1.807, 2.05) is 25.1 Å². The summed E-state index contributed by atoms with van der Waals surface area (Å²) < 4.78 is 34.5. The van der Waals surface area contributed by atoms with Crippen LogP contribution in [0.1, 0.15) is 25.3 Å². The van der Waals surface area contributed by atoms with E-state index in [2.05, 4.69) is 5.32 Å². The molecule has 1 atom stereocenters. The van der Waals surface area contributed by atoms with Crippen LogP contribution >= 0.6 is 0 Å². The van der Waals surface area contributed by atoms with E-state index in [9.17, 15) is 8.42 Å². The molecule has 0 aliphatic carbocycles. The second-order valence-electron chi connectivity index (χ2n) is 5.14. The molecule has 0 aromatic heterocycles. The number of sulfone groups is 1. The van der Waals surface area contributed by atoms with Gasteiger partial charge in [-0.2, -0.15) is 0 Å². The number of methoxy groups -OCH3 is 1. The summed E-state index contributed by atoms with van der Waals surface area (Å²) in [5, 5.41) is 2.98. The number of hydrogen-bond acceptors (Lipinski definition) is 5. The standard InChI is InChI=1S/C15H23NO4S/c1-3-20-14-8-4-6-12(15(14)19-2)10-16-11-13-7-5-9-21(13,17)18/h4,6,8,13,16H,3,5,7,9-11H2,1-2H3. The molecular formula is C15H23NO4S. The van der Waals surface area contributed by atoms with E-state index in [1.54, 1.807) is 7.11 Å². The van der Waals surface area contributed by atoms with Crippen molar-refractivity contribution in [2.24, 2.45) is 0 Å². The first-order valence-electron chi connectivity index (χ1n) is 7.29. The van der Waals surface area contributed by atoms with Crippen LogP contribution in [0.5, 0.6) is 11.5 Å². The third-order valence-electron chi connectivity index (χ3n) is 3.71. The van der Waals surface area contributed by atoms with Crippen LogP contribution in [0.15, 0.2) is 18.2 Å². The molecule has 0 saturated carbocycles. The highest BCUT2D eigenvalue weighted by Gasteiger charge is 2.30. The van der Waals surface area contributed by atoms with Crippen LogP contribution in [0.3, 0.4) is 0 Å². The van der Waals surface area contributed by atoms with E-state index in [1.165, 1.54) is 0 Å². The summed E-state index contributed by atoms with van der Waals surface area (Å²) in [5.41, 5.74) is 0.971. The molecule has 0 spiro atoms. The Hall–Kier alpha value is -1.27. The molecule has 1 aromatic carbocycles. The van der Waals surface area contributed by atoms with Crippen LogP contribution < -0.4 is 14.8 Å². The van der Waals surface area contributed by atoms with Crippen molar-refractivity contribution in [2.45, 2.75) is 31.6 Å². The Kier molecular flexibility index (Phi) is 5.47. The molecule has 6 heteroatoms. The number of nitrogens with one attached hydrogen (secondary N) is 1. The second-order valence-corrected chi connectivity index (χ2v) is 7.54. The van der Waals surface area contributed by atoms with E-state index < -0.39 is 9.84 Å². The largest absolute Gasteiger partial charge is 0.493 e. The average Bonchev–Trinajstić information content (AvgIpc) is 2.79. The normalized spacial score (nSPS) is 20.4. The van der Waals surface area contributed by atoms with Gasteiger partial charge in [0.25, 0.3) is 0 Å². The Bertz CT molecular complexity index is 571.